The minimum Gasteiger partial charge on any atom is -0.261 e. The van der Waals surface area contributed by atoms with Crippen LogP contribution in [0.15, 0.2) is 42.9 Å². The van der Waals surface area contributed by atoms with E-state index in [1.54, 1.807) is 18.6 Å². The Balaban J connectivity index is 2.35. The zero-order valence-corrected chi connectivity index (χ0v) is 8.14. The summed E-state index contributed by atoms with van der Waals surface area (Å²) in [5, 5.41) is 0. The van der Waals surface area contributed by atoms with Crippen molar-refractivity contribution in [2.75, 3.05) is 0 Å². The molecule has 2 aromatic rings. The van der Waals surface area contributed by atoms with E-state index < -0.39 is 0 Å². The van der Waals surface area contributed by atoms with Crippen molar-refractivity contribution in [1.29, 1.82) is 0 Å². The Bertz CT molecular complexity index is 490. The molecule has 0 saturated heterocycles. The topological polar surface area (TPSA) is 25.8 Å². The molecule has 0 N–H and O–H groups in total. The average Bonchev–Trinajstić information content (AvgIpc) is 2.32. The van der Waals surface area contributed by atoms with Gasteiger partial charge in [-0.1, -0.05) is 24.0 Å². The molecule has 2 nitrogen and oxygen atoms in total. The van der Waals surface area contributed by atoms with Crippen LogP contribution in [0.3, 0.4) is 0 Å². The van der Waals surface area contributed by atoms with E-state index in [4.69, 9.17) is 0 Å². The second-order valence-electron chi connectivity index (χ2n) is 2.97. The lowest BCUT2D eigenvalue weighted by molar-refractivity contribution is 1.21. The lowest BCUT2D eigenvalue weighted by Crippen LogP contribution is -1.84. The van der Waals surface area contributed by atoms with E-state index in [9.17, 15) is 0 Å². The van der Waals surface area contributed by atoms with Gasteiger partial charge in [-0.05, 0) is 12.1 Å². The van der Waals surface area contributed by atoms with Gasteiger partial charge in [0.15, 0.2) is 0 Å². The van der Waals surface area contributed by atoms with E-state index in [2.05, 4.69) is 28.7 Å². The molecule has 0 spiro atoms. The highest BCUT2D eigenvalue weighted by molar-refractivity contribution is 5.59. The summed E-state index contributed by atoms with van der Waals surface area (Å²) in [7, 11) is 0. The van der Waals surface area contributed by atoms with E-state index in [1.807, 2.05) is 24.3 Å². The Morgan fingerprint density at radius 2 is 1.87 bits per heavy atom. The maximum Gasteiger partial charge on any atom is 0.0885 e. The van der Waals surface area contributed by atoms with Crippen LogP contribution < -0.4 is 0 Å². The Hall–Kier alpha value is -2.14. The lowest BCUT2D eigenvalue weighted by atomic mass is 10.1. The Labute approximate surface area is 89.0 Å². The third-order valence-corrected chi connectivity index (χ3v) is 1.98. The molecule has 2 heteroatoms. The van der Waals surface area contributed by atoms with Crippen LogP contribution in [0, 0.1) is 18.8 Å². The van der Waals surface area contributed by atoms with Gasteiger partial charge in [0.05, 0.1) is 11.9 Å². The maximum absolute atomic E-state index is 4.21. The number of nitrogens with zero attached hydrogens (tertiary/aromatic N) is 2. The first-order valence-corrected chi connectivity index (χ1v) is 4.55. The Morgan fingerprint density at radius 1 is 1.07 bits per heavy atom. The SMILES string of the molecule is [CH2]C#Cc1ccc(-c2cnccn2)cc1. The molecular weight excluding hydrogens is 184 g/mol. The highest BCUT2D eigenvalue weighted by atomic mass is 14.8. The van der Waals surface area contributed by atoms with Gasteiger partial charge < -0.3 is 0 Å². The summed E-state index contributed by atoms with van der Waals surface area (Å²) in [4.78, 5) is 8.23. The van der Waals surface area contributed by atoms with Crippen molar-refractivity contribution in [3.8, 4) is 23.1 Å². The fourth-order valence-corrected chi connectivity index (χ4v) is 1.27. The third-order valence-electron chi connectivity index (χ3n) is 1.98. The molecule has 0 amide bonds. The summed E-state index contributed by atoms with van der Waals surface area (Å²) >= 11 is 0. The van der Waals surface area contributed by atoms with Gasteiger partial charge in [0.1, 0.15) is 0 Å². The van der Waals surface area contributed by atoms with Crippen molar-refractivity contribution in [3.05, 3.63) is 55.3 Å². The van der Waals surface area contributed by atoms with Crippen molar-refractivity contribution in [1.82, 2.24) is 9.97 Å². The van der Waals surface area contributed by atoms with E-state index in [-0.39, 0.29) is 0 Å². The van der Waals surface area contributed by atoms with Gasteiger partial charge in [-0.15, -0.1) is 0 Å². The number of aromatic nitrogens is 2. The molecule has 1 aromatic carbocycles. The molecule has 15 heavy (non-hydrogen) atoms. The first-order valence-electron chi connectivity index (χ1n) is 4.55. The molecule has 1 heterocycles. The van der Waals surface area contributed by atoms with Gasteiger partial charge >= 0.3 is 0 Å². The average molecular weight is 193 g/mol. The predicted octanol–water partition coefficient (Wildman–Crippen LogP) is 2.33. The van der Waals surface area contributed by atoms with Crippen molar-refractivity contribution < 1.29 is 0 Å². The molecule has 0 aliphatic carbocycles. The van der Waals surface area contributed by atoms with E-state index >= 15 is 0 Å². The van der Waals surface area contributed by atoms with Crippen molar-refractivity contribution in [2.45, 2.75) is 0 Å². The molecule has 0 bridgehead atoms. The van der Waals surface area contributed by atoms with Crippen LogP contribution in [0.2, 0.25) is 0 Å². The fraction of sp³-hybridized carbons (Fsp3) is 0. The molecule has 0 saturated carbocycles. The highest BCUT2D eigenvalue weighted by Gasteiger charge is 1.97. The molecule has 0 atom stereocenters. The normalized spacial score (nSPS) is 9.13. The largest absolute Gasteiger partial charge is 0.261 e. The van der Waals surface area contributed by atoms with Crippen LogP contribution in [-0.2, 0) is 0 Å². The quantitative estimate of drug-likeness (QED) is 0.649. The van der Waals surface area contributed by atoms with E-state index in [0.29, 0.717) is 0 Å². The van der Waals surface area contributed by atoms with Crippen molar-refractivity contribution >= 4 is 0 Å². The number of benzene rings is 1. The Morgan fingerprint density at radius 3 is 2.47 bits per heavy atom. The first kappa shape index (κ1) is 9.42. The fourth-order valence-electron chi connectivity index (χ4n) is 1.27. The predicted molar refractivity (Wildman–Crippen MR) is 59.7 cm³/mol. The van der Waals surface area contributed by atoms with Crippen LogP contribution in [0.1, 0.15) is 5.56 Å². The van der Waals surface area contributed by atoms with Gasteiger partial charge in [-0.3, -0.25) is 9.97 Å². The van der Waals surface area contributed by atoms with Gasteiger partial charge in [-0.25, -0.2) is 0 Å². The summed E-state index contributed by atoms with van der Waals surface area (Å²) in [6.07, 6.45) is 5.08. The molecule has 0 aliphatic rings. The number of rotatable bonds is 1. The minimum absolute atomic E-state index is 0.867. The van der Waals surface area contributed by atoms with Gasteiger partial charge in [0.25, 0.3) is 0 Å². The van der Waals surface area contributed by atoms with Gasteiger partial charge in [0.2, 0.25) is 0 Å². The summed E-state index contributed by atoms with van der Waals surface area (Å²) in [5.74, 6) is 5.50. The molecule has 1 aromatic heterocycles. The van der Waals surface area contributed by atoms with E-state index in [0.717, 1.165) is 16.8 Å². The Kier molecular flexibility index (Phi) is 2.75. The summed E-state index contributed by atoms with van der Waals surface area (Å²) in [6.45, 7) is 3.48. The number of hydrogen-bond donors (Lipinski definition) is 0. The second kappa shape index (κ2) is 4.39. The maximum atomic E-state index is 4.21. The molecule has 0 unspecified atom stereocenters. The van der Waals surface area contributed by atoms with Gasteiger partial charge in [-0.2, -0.15) is 0 Å². The van der Waals surface area contributed by atoms with Crippen molar-refractivity contribution in [2.24, 2.45) is 0 Å². The lowest BCUT2D eigenvalue weighted by Gasteiger charge is -1.98. The second-order valence-corrected chi connectivity index (χ2v) is 2.97. The molecule has 1 radical (unpaired) electrons. The van der Waals surface area contributed by atoms with Gasteiger partial charge in [0, 0.05) is 30.4 Å². The summed E-state index contributed by atoms with van der Waals surface area (Å²) in [6, 6.07) is 7.84. The van der Waals surface area contributed by atoms with Crippen LogP contribution >= 0.6 is 0 Å². The smallest absolute Gasteiger partial charge is 0.0885 e. The van der Waals surface area contributed by atoms with Crippen molar-refractivity contribution in [3.63, 3.8) is 0 Å². The standard InChI is InChI=1S/C13H9N2/c1-2-3-11-4-6-12(7-5-11)13-10-14-8-9-15-13/h4-10H,1H2. The van der Waals surface area contributed by atoms with Crippen LogP contribution in [0.4, 0.5) is 0 Å². The van der Waals surface area contributed by atoms with E-state index in [1.165, 1.54) is 0 Å². The minimum atomic E-state index is 0.867. The van der Waals surface area contributed by atoms with Crippen LogP contribution in [-0.4, -0.2) is 9.97 Å². The summed E-state index contributed by atoms with van der Waals surface area (Å²) in [5.41, 5.74) is 2.86. The molecule has 0 fully saturated rings. The monoisotopic (exact) mass is 193 g/mol. The zero-order chi connectivity index (χ0) is 10.5. The molecule has 71 valence electrons. The first-order chi connectivity index (χ1) is 7.40. The molecule has 2 rings (SSSR count). The van der Waals surface area contributed by atoms with Crippen LogP contribution in [0.25, 0.3) is 11.3 Å². The molecule has 0 aliphatic heterocycles. The summed E-state index contributed by atoms with van der Waals surface area (Å²) < 4.78 is 0. The third kappa shape index (κ3) is 2.21. The van der Waals surface area contributed by atoms with Crippen LogP contribution in [0.5, 0.6) is 0 Å². The highest BCUT2D eigenvalue weighted by Crippen LogP contribution is 2.15. The zero-order valence-electron chi connectivity index (χ0n) is 8.14. The number of hydrogen-bond acceptors (Lipinski definition) is 2. The molecular formula is C13H9N2.